The first-order valence-electron chi connectivity index (χ1n) is 13.0. The van der Waals surface area contributed by atoms with Crippen molar-refractivity contribution in [3.05, 3.63) is 93.0 Å². The number of nitrogens with zero attached hydrogens (tertiary/aromatic N) is 1. The van der Waals surface area contributed by atoms with Crippen LogP contribution in [0.4, 0.5) is 14.5 Å². The number of halogens is 4. The van der Waals surface area contributed by atoms with Gasteiger partial charge in [-0.1, -0.05) is 62.2 Å². The van der Waals surface area contributed by atoms with Gasteiger partial charge in [0.15, 0.2) is 0 Å². The number of aromatic carboxylic acids is 1. The lowest BCUT2D eigenvalue weighted by Crippen LogP contribution is -2.45. The van der Waals surface area contributed by atoms with Crippen LogP contribution >= 0.6 is 23.2 Å². The van der Waals surface area contributed by atoms with E-state index < -0.39 is 52.3 Å². The molecule has 220 valence electrons. The van der Waals surface area contributed by atoms with Gasteiger partial charge in [0.1, 0.15) is 22.8 Å². The lowest BCUT2D eigenvalue weighted by molar-refractivity contribution is -0.118. The lowest BCUT2D eigenvalue weighted by Gasteiger charge is -2.37. The summed E-state index contributed by atoms with van der Waals surface area (Å²) in [5.41, 5.74) is -2.18. The molecular weight excluding hydrogens is 587 g/mol. The number of rotatable bonds is 7. The van der Waals surface area contributed by atoms with Crippen molar-refractivity contribution >= 4 is 40.8 Å². The Morgan fingerprint density at radius 2 is 1.86 bits per heavy atom. The van der Waals surface area contributed by atoms with E-state index in [2.05, 4.69) is 16.7 Å². The van der Waals surface area contributed by atoms with Crippen LogP contribution in [-0.4, -0.2) is 36.2 Å². The van der Waals surface area contributed by atoms with Gasteiger partial charge in [0.05, 0.1) is 35.5 Å². The number of ether oxygens (including phenoxy) is 1. The summed E-state index contributed by atoms with van der Waals surface area (Å²) in [6.07, 6.45) is 0.307. The van der Waals surface area contributed by atoms with Crippen LogP contribution in [0.2, 0.25) is 10.0 Å². The van der Waals surface area contributed by atoms with Gasteiger partial charge in [-0.05, 0) is 53.8 Å². The van der Waals surface area contributed by atoms with E-state index in [1.165, 1.54) is 55.6 Å². The summed E-state index contributed by atoms with van der Waals surface area (Å²) in [5.74, 6) is -4.65. The topological polar surface area (TPSA) is 111 Å². The largest absolute Gasteiger partial charge is 0.495 e. The molecule has 3 N–H and O–H groups in total. The summed E-state index contributed by atoms with van der Waals surface area (Å²) in [7, 11) is 1.32. The molecule has 1 fully saturated rings. The summed E-state index contributed by atoms with van der Waals surface area (Å²) in [4.78, 5) is 25.5. The van der Waals surface area contributed by atoms with Gasteiger partial charge < -0.3 is 20.5 Å². The number of benzene rings is 3. The summed E-state index contributed by atoms with van der Waals surface area (Å²) in [6.45, 7) is 5.81. The Hall–Kier alpha value is -3.71. The van der Waals surface area contributed by atoms with E-state index >= 15 is 8.78 Å². The fourth-order valence-electron chi connectivity index (χ4n) is 5.69. The Morgan fingerprint density at radius 1 is 1.14 bits per heavy atom. The van der Waals surface area contributed by atoms with Crippen molar-refractivity contribution in [1.82, 2.24) is 5.32 Å². The normalized spacial score (nSPS) is 21.9. The van der Waals surface area contributed by atoms with E-state index in [9.17, 15) is 20.0 Å². The summed E-state index contributed by atoms with van der Waals surface area (Å²) in [5, 5.41) is 26.1. The Bertz CT molecular complexity index is 1590. The van der Waals surface area contributed by atoms with Crippen molar-refractivity contribution in [1.29, 1.82) is 5.26 Å². The average molecular weight is 616 g/mol. The summed E-state index contributed by atoms with van der Waals surface area (Å²) in [6, 6.07) is 12.3. The van der Waals surface area contributed by atoms with Gasteiger partial charge >= 0.3 is 5.97 Å². The van der Waals surface area contributed by atoms with Crippen LogP contribution in [-0.2, 0) is 10.2 Å². The van der Waals surface area contributed by atoms with Crippen molar-refractivity contribution < 1.29 is 28.2 Å². The van der Waals surface area contributed by atoms with Gasteiger partial charge in [-0.15, -0.1) is 0 Å². The lowest BCUT2D eigenvalue weighted by atomic mass is 9.62. The molecule has 0 saturated carbocycles. The van der Waals surface area contributed by atoms with Crippen LogP contribution in [0.15, 0.2) is 54.6 Å². The van der Waals surface area contributed by atoms with Crippen LogP contribution in [0, 0.1) is 28.4 Å². The molecule has 1 amide bonds. The zero-order chi connectivity index (χ0) is 31.0. The van der Waals surface area contributed by atoms with Gasteiger partial charge in [-0.3, -0.25) is 4.79 Å². The molecule has 0 unspecified atom stereocenters. The predicted octanol–water partition coefficient (Wildman–Crippen LogP) is 6.94. The number of amides is 1. The highest BCUT2D eigenvalue weighted by molar-refractivity contribution is 6.31. The number of nitriles is 1. The van der Waals surface area contributed by atoms with Gasteiger partial charge in [0, 0.05) is 22.5 Å². The van der Waals surface area contributed by atoms with Crippen molar-refractivity contribution in [2.75, 3.05) is 12.4 Å². The Morgan fingerprint density at radius 3 is 2.45 bits per heavy atom. The van der Waals surface area contributed by atoms with Gasteiger partial charge in [0.2, 0.25) is 5.91 Å². The molecule has 3 aromatic carbocycles. The molecule has 4 atom stereocenters. The molecule has 0 radical (unpaired) electrons. The van der Waals surface area contributed by atoms with Crippen molar-refractivity contribution in [3.8, 4) is 11.8 Å². The highest BCUT2D eigenvalue weighted by atomic mass is 35.5. The molecule has 1 aliphatic heterocycles. The van der Waals surface area contributed by atoms with E-state index in [4.69, 9.17) is 27.9 Å². The molecule has 1 heterocycles. The minimum absolute atomic E-state index is 0.0424. The summed E-state index contributed by atoms with van der Waals surface area (Å²) < 4.78 is 36.8. The molecule has 7 nitrogen and oxygen atoms in total. The van der Waals surface area contributed by atoms with E-state index in [-0.39, 0.29) is 38.2 Å². The Kier molecular flexibility index (Phi) is 8.84. The molecular formula is C31H29Cl2F2N3O4. The van der Waals surface area contributed by atoms with Gasteiger partial charge in [0.25, 0.3) is 0 Å². The minimum atomic E-state index is -1.78. The van der Waals surface area contributed by atoms with Crippen LogP contribution in [0.1, 0.15) is 54.6 Å². The zero-order valence-electron chi connectivity index (χ0n) is 23.3. The second-order valence-electron chi connectivity index (χ2n) is 11.4. The van der Waals surface area contributed by atoms with Crippen molar-refractivity contribution in [2.45, 2.75) is 50.6 Å². The first kappa shape index (κ1) is 31.2. The predicted molar refractivity (Wildman–Crippen MR) is 156 cm³/mol. The second-order valence-corrected chi connectivity index (χ2v) is 12.2. The maximum atomic E-state index is 15.8. The van der Waals surface area contributed by atoms with E-state index in [1.54, 1.807) is 0 Å². The maximum Gasteiger partial charge on any atom is 0.335 e. The third kappa shape index (κ3) is 5.80. The standard InChI is InChI=1S/C31H29Cl2F2N3O4/c1-30(2,3)14-24-31(15-36,19-10-9-17(32)13-21(19)34)25(18-6-5-7-20(33)26(18)35)27(38-24)28(39)37-22-11-8-16(29(40)41)12-23(22)42-4/h5-13,24-25,27,38H,14H2,1-4H3,(H,37,39)(H,40,41)/t24-,25-,27+,31+/m0/s1. The first-order valence-corrected chi connectivity index (χ1v) is 13.8. The second kappa shape index (κ2) is 11.9. The smallest absolute Gasteiger partial charge is 0.335 e. The number of nitrogens with one attached hydrogen (secondary N) is 2. The number of hydrogen-bond donors (Lipinski definition) is 3. The SMILES string of the molecule is COc1cc(C(=O)O)ccc1NC(=O)[C@@H]1N[C@@H](CC(C)(C)C)[C@@](C#N)(c2ccc(Cl)cc2F)[C@H]1c1cccc(Cl)c1F. The molecule has 1 saturated heterocycles. The Labute approximate surface area is 252 Å². The molecule has 0 bridgehead atoms. The average Bonchev–Trinajstić information content (AvgIpc) is 3.23. The highest BCUT2D eigenvalue weighted by Crippen LogP contribution is 2.53. The van der Waals surface area contributed by atoms with Crippen molar-refractivity contribution in [3.63, 3.8) is 0 Å². The van der Waals surface area contributed by atoms with Crippen LogP contribution < -0.4 is 15.4 Å². The summed E-state index contributed by atoms with van der Waals surface area (Å²) >= 11 is 12.2. The number of anilines is 1. The van der Waals surface area contributed by atoms with Gasteiger partial charge in [-0.2, -0.15) is 5.26 Å². The van der Waals surface area contributed by atoms with E-state index in [0.29, 0.717) is 6.42 Å². The monoisotopic (exact) mass is 615 g/mol. The van der Waals surface area contributed by atoms with Crippen molar-refractivity contribution in [2.24, 2.45) is 5.41 Å². The number of carbonyl (C=O) groups excluding carboxylic acids is 1. The molecule has 4 rings (SSSR count). The van der Waals surface area contributed by atoms with Gasteiger partial charge in [-0.25, -0.2) is 13.6 Å². The number of hydrogen-bond acceptors (Lipinski definition) is 5. The third-order valence-corrected chi connectivity index (χ3v) is 7.96. The zero-order valence-corrected chi connectivity index (χ0v) is 24.8. The fraction of sp³-hybridized carbons (Fsp3) is 0.323. The molecule has 0 spiro atoms. The molecule has 11 heteroatoms. The van der Waals surface area contributed by atoms with E-state index in [0.717, 1.165) is 6.07 Å². The number of carbonyl (C=O) groups is 2. The minimum Gasteiger partial charge on any atom is -0.495 e. The number of carboxylic acids is 1. The van der Waals surface area contributed by atoms with Crippen LogP contribution in [0.5, 0.6) is 5.75 Å². The number of methoxy groups -OCH3 is 1. The maximum absolute atomic E-state index is 15.8. The highest BCUT2D eigenvalue weighted by Gasteiger charge is 2.61. The van der Waals surface area contributed by atoms with E-state index in [1.807, 2.05) is 20.8 Å². The molecule has 42 heavy (non-hydrogen) atoms. The van der Waals surface area contributed by atoms with Crippen LogP contribution in [0.25, 0.3) is 0 Å². The molecule has 3 aromatic rings. The number of carboxylic acid groups (broad SMARTS) is 1. The molecule has 0 aliphatic carbocycles. The molecule has 0 aromatic heterocycles. The molecule has 1 aliphatic rings. The Balaban J connectivity index is 1.95. The fourth-order valence-corrected chi connectivity index (χ4v) is 6.04. The van der Waals surface area contributed by atoms with Crippen LogP contribution in [0.3, 0.4) is 0 Å². The first-order chi connectivity index (χ1) is 19.7. The third-order valence-electron chi connectivity index (χ3n) is 7.44. The quantitative estimate of drug-likeness (QED) is 0.265.